The molecule has 2 aromatic carbocycles. The SMILES string of the molecule is O=C(c1ccc(NS(=O)(=O)c2cccc3cccnc23)cc1)N1CCN(CC2CCOC2)CC1. The summed E-state index contributed by atoms with van der Waals surface area (Å²) in [4.78, 5) is 21.6. The van der Waals surface area contributed by atoms with Crippen LogP contribution in [0.25, 0.3) is 10.9 Å². The second-order valence-electron chi connectivity index (χ2n) is 8.84. The Balaban J connectivity index is 1.22. The van der Waals surface area contributed by atoms with Crippen molar-refractivity contribution in [1.29, 1.82) is 0 Å². The standard InChI is InChI=1S/C25H28N4O4S/c30-25(29-14-12-28(13-15-29)17-19-10-16-33-18-19)21-6-8-22(9-7-21)27-34(31,32)23-5-1-3-20-4-2-11-26-24(20)23/h1-9,11,19,27H,10,12-18H2. The fraction of sp³-hybridized carbons (Fsp3) is 0.360. The zero-order valence-corrected chi connectivity index (χ0v) is 19.7. The van der Waals surface area contributed by atoms with Crippen LogP contribution in [-0.4, -0.2) is 75.0 Å². The normalized spacial score (nSPS) is 19.4. The Morgan fingerprint density at radius 1 is 1.03 bits per heavy atom. The van der Waals surface area contributed by atoms with E-state index in [1.807, 2.05) is 17.0 Å². The van der Waals surface area contributed by atoms with Crippen LogP contribution in [0.2, 0.25) is 0 Å². The van der Waals surface area contributed by atoms with Crippen LogP contribution in [0, 0.1) is 5.92 Å². The molecule has 8 nitrogen and oxygen atoms in total. The minimum atomic E-state index is -3.83. The Hall–Kier alpha value is -3.01. The molecule has 1 aromatic heterocycles. The molecule has 3 heterocycles. The van der Waals surface area contributed by atoms with Crippen molar-refractivity contribution >= 4 is 32.5 Å². The van der Waals surface area contributed by atoms with Crippen molar-refractivity contribution in [3.05, 3.63) is 66.4 Å². The Bertz CT molecular complexity index is 1260. The van der Waals surface area contributed by atoms with Crippen molar-refractivity contribution < 1.29 is 17.9 Å². The zero-order chi connectivity index (χ0) is 23.5. The number of carbonyl (C=O) groups is 1. The number of piperazine rings is 1. The number of fused-ring (bicyclic) bond motifs is 1. The smallest absolute Gasteiger partial charge is 0.264 e. The van der Waals surface area contributed by atoms with Crippen LogP contribution in [0.3, 0.4) is 0 Å². The number of nitrogens with one attached hydrogen (secondary N) is 1. The lowest BCUT2D eigenvalue weighted by Crippen LogP contribution is -2.49. The minimum Gasteiger partial charge on any atom is -0.381 e. The van der Waals surface area contributed by atoms with Crippen LogP contribution in [0.4, 0.5) is 5.69 Å². The minimum absolute atomic E-state index is 0.0310. The van der Waals surface area contributed by atoms with Crippen molar-refractivity contribution in [2.24, 2.45) is 5.92 Å². The molecule has 2 saturated heterocycles. The summed E-state index contributed by atoms with van der Waals surface area (Å²) in [5.74, 6) is 0.569. The second-order valence-corrected chi connectivity index (χ2v) is 10.5. The topological polar surface area (TPSA) is 91.8 Å². The fourth-order valence-electron chi connectivity index (χ4n) is 4.59. The Morgan fingerprint density at radius 3 is 2.53 bits per heavy atom. The monoisotopic (exact) mass is 480 g/mol. The number of pyridine rings is 1. The first-order chi connectivity index (χ1) is 16.5. The molecule has 0 saturated carbocycles. The predicted octanol–water partition coefficient (Wildman–Crippen LogP) is 2.83. The fourth-order valence-corrected chi connectivity index (χ4v) is 5.83. The van der Waals surface area contributed by atoms with E-state index < -0.39 is 10.0 Å². The number of amides is 1. The van der Waals surface area contributed by atoms with E-state index in [9.17, 15) is 13.2 Å². The third-order valence-corrected chi connectivity index (χ3v) is 7.88. The number of rotatable bonds is 6. The predicted molar refractivity (Wildman–Crippen MR) is 130 cm³/mol. The largest absolute Gasteiger partial charge is 0.381 e. The number of carbonyl (C=O) groups excluding carboxylic acids is 1. The lowest BCUT2D eigenvalue weighted by molar-refractivity contribution is 0.0611. The average Bonchev–Trinajstić information content (AvgIpc) is 3.37. The average molecular weight is 481 g/mol. The molecule has 2 fully saturated rings. The zero-order valence-electron chi connectivity index (χ0n) is 18.9. The Kier molecular flexibility index (Phi) is 6.49. The van der Waals surface area contributed by atoms with E-state index in [1.165, 1.54) is 6.07 Å². The van der Waals surface area contributed by atoms with E-state index >= 15 is 0 Å². The van der Waals surface area contributed by atoms with Gasteiger partial charge in [0.25, 0.3) is 15.9 Å². The molecular weight excluding hydrogens is 452 g/mol. The summed E-state index contributed by atoms with van der Waals surface area (Å²) in [5, 5.41) is 0.753. The van der Waals surface area contributed by atoms with Crippen molar-refractivity contribution in [3.63, 3.8) is 0 Å². The number of para-hydroxylation sites is 1. The first-order valence-corrected chi connectivity index (χ1v) is 13.0. The van der Waals surface area contributed by atoms with E-state index in [0.29, 0.717) is 35.8 Å². The number of ether oxygens (including phenoxy) is 1. The number of hydrogen-bond acceptors (Lipinski definition) is 6. The maximum Gasteiger partial charge on any atom is 0.264 e. The highest BCUT2D eigenvalue weighted by Gasteiger charge is 2.25. The highest BCUT2D eigenvalue weighted by Crippen LogP contribution is 2.24. The van der Waals surface area contributed by atoms with Crippen LogP contribution in [0.15, 0.2) is 65.7 Å². The number of nitrogens with zero attached hydrogens (tertiary/aromatic N) is 3. The third kappa shape index (κ3) is 4.91. The van der Waals surface area contributed by atoms with Gasteiger partial charge in [-0.05, 0) is 48.7 Å². The maximum absolute atomic E-state index is 13.0. The van der Waals surface area contributed by atoms with Crippen molar-refractivity contribution in [3.8, 4) is 0 Å². The van der Waals surface area contributed by atoms with Gasteiger partial charge in [0, 0.05) is 62.2 Å². The van der Waals surface area contributed by atoms with Crippen LogP contribution in [0.1, 0.15) is 16.8 Å². The molecule has 1 unspecified atom stereocenters. The Labute approximate surface area is 199 Å². The highest BCUT2D eigenvalue weighted by molar-refractivity contribution is 7.93. The van der Waals surface area contributed by atoms with Gasteiger partial charge >= 0.3 is 0 Å². The molecule has 0 radical (unpaired) electrons. The number of sulfonamides is 1. The van der Waals surface area contributed by atoms with Gasteiger partial charge in [-0.2, -0.15) is 0 Å². The molecule has 2 aliphatic rings. The first kappa shape index (κ1) is 22.8. The van der Waals surface area contributed by atoms with Crippen molar-refractivity contribution in [2.45, 2.75) is 11.3 Å². The molecule has 5 rings (SSSR count). The summed E-state index contributed by atoms with van der Waals surface area (Å²) in [7, 11) is -3.83. The van der Waals surface area contributed by atoms with Gasteiger partial charge in [0.05, 0.1) is 12.1 Å². The molecule has 0 bridgehead atoms. The van der Waals surface area contributed by atoms with Gasteiger partial charge < -0.3 is 9.64 Å². The molecule has 0 spiro atoms. The maximum atomic E-state index is 13.0. The van der Waals surface area contributed by atoms with E-state index in [0.717, 1.165) is 44.7 Å². The lowest BCUT2D eigenvalue weighted by Gasteiger charge is -2.35. The lowest BCUT2D eigenvalue weighted by atomic mass is 10.1. The molecule has 1 atom stereocenters. The molecule has 2 aliphatic heterocycles. The molecule has 34 heavy (non-hydrogen) atoms. The van der Waals surface area contributed by atoms with E-state index in [4.69, 9.17) is 4.74 Å². The summed E-state index contributed by atoms with van der Waals surface area (Å²) < 4.78 is 34.1. The van der Waals surface area contributed by atoms with Crippen LogP contribution in [-0.2, 0) is 14.8 Å². The van der Waals surface area contributed by atoms with Gasteiger partial charge in [-0.1, -0.05) is 18.2 Å². The van der Waals surface area contributed by atoms with E-state index in [1.54, 1.807) is 42.6 Å². The van der Waals surface area contributed by atoms with Crippen LogP contribution < -0.4 is 4.72 Å². The number of hydrogen-bond donors (Lipinski definition) is 1. The summed E-state index contributed by atoms with van der Waals surface area (Å²) in [5.41, 5.74) is 1.37. The second kappa shape index (κ2) is 9.69. The summed E-state index contributed by atoms with van der Waals surface area (Å²) in [6.07, 6.45) is 2.69. The molecule has 178 valence electrons. The van der Waals surface area contributed by atoms with Gasteiger partial charge in [-0.3, -0.25) is 19.4 Å². The van der Waals surface area contributed by atoms with Gasteiger partial charge in [0.15, 0.2) is 0 Å². The number of aromatic nitrogens is 1. The number of benzene rings is 2. The van der Waals surface area contributed by atoms with Crippen LogP contribution in [0.5, 0.6) is 0 Å². The van der Waals surface area contributed by atoms with Gasteiger partial charge in [-0.25, -0.2) is 8.42 Å². The van der Waals surface area contributed by atoms with Crippen LogP contribution >= 0.6 is 0 Å². The molecular formula is C25H28N4O4S. The summed E-state index contributed by atoms with van der Waals surface area (Å²) in [6, 6.07) is 15.2. The van der Waals surface area contributed by atoms with Gasteiger partial charge in [0.2, 0.25) is 0 Å². The summed E-state index contributed by atoms with van der Waals surface area (Å²) in [6.45, 7) is 5.82. The first-order valence-electron chi connectivity index (χ1n) is 11.6. The molecule has 3 aromatic rings. The van der Waals surface area contributed by atoms with Crippen molar-refractivity contribution in [2.75, 3.05) is 50.7 Å². The van der Waals surface area contributed by atoms with E-state index in [-0.39, 0.29) is 10.8 Å². The van der Waals surface area contributed by atoms with E-state index in [2.05, 4.69) is 14.6 Å². The third-order valence-electron chi connectivity index (χ3n) is 6.47. The van der Waals surface area contributed by atoms with Gasteiger partial charge in [-0.15, -0.1) is 0 Å². The number of anilines is 1. The molecule has 9 heteroatoms. The Morgan fingerprint density at radius 2 is 1.79 bits per heavy atom. The molecule has 0 aliphatic carbocycles. The highest BCUT2D eigenvalue weighted by atomic mass is 32.2. The molecule has 1 amide bonds. The summed E-state index contributed by atoms with van der Waals surface area (Å²) >= 11 is 0. The van der Waals surface area contributed by atoms with Crippen molar-refractivity contribution in [1.82, 2.24) is 14.8 Å². The molecule has 1 N–H and O–H groups in total. The van der Waals surface area contributed by atoms with Gasteiger partial charge in [0.1, 0.15) is 4.90 Å². The quantitative estimate of drug-likeness (QED) is 0.583.